The molecule has 1 aromatic carbocycles. The summed E-state index contributed by atoms with van der Waals surface area (Å²) in [4.78, 5) is 4.72. The summed E-state index contributed by atoms with van der Waals surface area (Å²) in [5.41, 5.74) is 0.602. The lowest BCUT2D eigenvalue weighted by atomic mass is 10.0. The number of ether oxygens (including phenoxy) is 1. The molecule has 3 rings (SSSR count). The molecule has 1 aliphatic carbocycles. The molecule has 0 unspecified atom stereocenters. The summed E-state index contributed by atoms with van der Waals surface area (Å²) < 4.78 is 40.5. The summed E-state index contributed by atoms with van der Waals surface area (Å²) in [5.74, 6) is 0.723. The predicted octanol–water partition coefficient (Wildman–Crippen LogP) is 4.41. The van der Waals surface area contributed by atoms with E-state index in [1.165, 1.54) is 31.0 Å². The number of rotatable bonds is 2. The second kappa shape index (κ2) is 5.44. The van der Waals surface area contributed by atoms with Crippen LogP contribution < -0.4 is 10.1 Å². The van der Waals surface area contributed by atoms with Crippen LogP contribution in [0.25, 0.3) is 0 Å². The Morgan fingerprint density at radius 1 is 1.24 bits per heavy atom. The summed E-state index contributed by atoms with van der Waals surface area (Å²) in [5, 5.41) is 3.86. The fraction of sp³-hybridized carbons (Fsp3) is 0.500. The van der Waals surface area contributed by atoms with E-state index in [1.54, 1.807) is 17.8 Å². The Bertz CT molecular complexity index is 553. The Hall–Kier alpha value is -1.37. The molecule has 1 spiro atoms. The molecule has 1 saturated carbocycles. The van der Waals surface area contributed by atoms with Crippen LogP contribution in [0.4, 0.5) is 18.9 Å². The first-order chi connectivity index (χ1) is 9.94. The molecule has 0 saturated heterocycles. The zero-order valence-electron chi connectivity index (χ0n) is 11.2. The van der Waals surface area contributed by atoms with Gasteiger partial charge in [-0.05, 0) is 25.0 Å². The van der Waals surface area contributed by atoms with Gasteiger partial charge in [-0.25, -0.2) is 0 Å². The van der Waals surface area contributed by atoms with Crippen molar-refractivity contribution in [1.29, 1.82) is 0 Å². The second-order valence-electron chi connectivity index (χ2n) is 5.34. The van der Waals surface area contributed by atoms with Gasteiger partial charge in [-0.2, -0.15) is 0 Å². The molecular formula is C14H15F3N2OS. The lowest BCUT2D eigenvalue weighted by Gasteiger charge is -2.16. The van der Waals surface area contributed by atoms with Crippen molar-refractivity contribution in [3.8, 4) is 5.75 Å². The van der Waals surface area contributed by atoms with Crippen molar-refractivity contribution in [3.63, 3.8) is 0 Å². The highest BCUT2D eigenvalue weighted by Crippen LogP contribution is 2.41. The number of hydrogen-bond acceptors (Lipinski definition) is 4. The topological polar surface area (TPSA) is 33.6 Å². The van der Waals surface area contributed by atoms with Gasteiger partial charge in [-0.15, -0.1) is 13.2 Å². The molecule has 1 N–H and O–H groups in total. The van der Waals surface area contributed by atoms with Crippen molar-refractivity contribution in [2.45, 2.75) is 37.6 Å². The number of amidine groups is 1. The van der Waals surface area contributed by atoms with Crippen LogP contribution in [0.3, 0.4) is 0 Å². The summed E-state index contributed by atoms with van der Waals surface area (Å²) >= 11 is 1.63. The molecule has 7 heteroatoms. The third kappa shape index (κ3) is 3.64. The lowest BCUT2D eigenvalue weighted by molar-refractivity contribution is -0.274. The van der Waals surface area contributed by atoms with Crippen molar-refractivity contribution >= 4 is 22.6 Å². The zero-order valence-corrected chi connectivity index (χ0v) is 12.1. The van der Waals surface area contributed by atoms with Crippen molar-refractivity contribution in [2.24, 2.45) is 4.99 Å². The number of anilines is 1. The van der Waals surface area contributed by atoms with Crippen LogP contribution in [-0.4, -0.2) is 22.8 Å². The first-order valence-corrected chi connectivity index (χ1v) is 7.78. The average Bonchev–Trinajstić information content (AvgIpc) is 2.99. The van der Waals surface area contributed by atoms with E-state index in [0.717, 1.165) is 23.8 Å². The number of halogens is 3. The number of benzene rings is 1. The van der Waals surface area contributed by atoms with Crippen LogP contribution >= 0.6 is 11.8 Å². The van der Waals surface area contributed by atoms with Crippen LogP contribution in [0.2, 0.25) is 0 Å². The van der Waals surface area contributed by atoms with E-state index < -0.39 is 6.36 Å². The Morgan fingerprint density at radius 2 is 2.00 bits per heavy atom. The third-order valence-corrected chi connectivity index (χ3v) is 4.82. The Balaban J connectivity index is 1.69. The molecule has 0 atom stereocenters. The van der Waals surface area contributed by atoms with Crippen LogP contribution in [0.1, 0.15) is 25.7 Å². The zero-order chi connectivity index (χ0) is 14.9. The molecule has 0 amide bonds. The van der Waals surface area contributed by atoms with Gasteiger partial charge in [-0.1, -0.05) is 30.7 Å². The minimum Gasteiger partial charge on any atom is -0.406 e. The standard InChI is InChI=1S/C14H15F3N2OS/c15-14(16,17)20-11-5-3-4-10(8-11)18-12-19-13(9-21-12)6-1-2-7-13/h3-5,8H,1-2,6-7,9H2,(H,18,19). The molecule has 2 aliphatic rings. The third-order valence-electron chi connectivity index (χ3n) is 3.67. The quantitative estimate of drug-likeness (QED) is 0.877. The van der Waals surface area contributed by atoms with E-state index >= 15 is 0 Å². The van der Waals surface area contributed by atoms with Crippen LogP contribution in [0.15, 0.2) is 29.3 Å². The fourth-order valence-electron chi connectivity index (χ4n) is 2.73. The van der Waals surface area contributed by atoms with Gasteiger partial charge in [0.1, 0.15) is 5.75 Å². The number of alkyl halides is 3. The van der Waals surface area contributed by atoms with Gasteiger partial charge >= 0.3 is 6.36 Å². The Kier molecular flexibility index (Phi) is 3.77. The van der Waals surface area contributed by atoms with Gasteiger partial charge in [0, 0.05) is 17.5 Å². The highest BCUT2D eigenvalue weighted by atomic mass is 32.2. The SMILES string of the molecule is FC(F)(F)Oc1cccc(NC2=NC3(CCCC3)CS2)c1. The Morgan fingerprint density at radius 3 is 2.71 bits per heavy atom. The van der Waals surface area contributed by atoms with Gasteiger partial charge in [0.25, 0.3) is 0 Å². The van der Waals surface area contributed by atoms with Crippen molar-refractivity contribution in [1.82, 2.24) is 0 Å². The van der Waals surface area contributed by atoms with Crippen LogP contribution in [0, 0.1) is 0 Å². The second-order valence-corrected chi connectivity index (χ2v) is 6.30. The Labute approximate surface area is 125 Å². The molecule has 1 aliphatic heterocycles. The van der Waals surface area contributed by atoms with E-state index in [0.29, 0.717) is 5.69 Å². The summed E-state index contributed by atoms with van der Waals surface area (Å²) in [6.45, 7) is 0. The highest BCUT2D eigenvalue weighted by molar-refractivity contribution is 8.14. The minimum atomic E-state index is -4.67. The van der Waals surface area contributed by atoms with Gasteiger partial charge in [0.15, 0.2) is 5.17 Å². The monoisotopic (exact) mass is 316 g/mol. The fourth-order valence-corrected chi connectivity index (χ4v) is 3.94. The molecule has 0 aromatic heterocycles. The highest BCUT2D eigenvalue weighted by Gasteiger charge is 2.38. The number of thioether (sulfide) groups is 1. The van der Waals surface area contributed by atoms with E-state index in [9.17, 15) is 13.2 Å². The molecule has 1 aromatic rings. The van der Waals surface area contributed by atoms with Gasteiger partial charge in [0.05, 0.1) is 5.54 Å². The normalized spacial score (nSPS) is 20.6. The summed E-state index contributed by atoms with van der Waals surface area (Å²) in [6, 6.07) is 5.83. The van der Waals surface area contributed by atoms with Gasteiger partial charge in [-0.3, -0.25) is 4.99 Å². The van der Waals surface area contributed by atoms with E-state index in [-0.39, 0.29) is 11.3 Å². The number of nitrogens with one attached hydrogen (secondary N) is 1. The predicted molar refractivity (Wildman–Crippen MR) is 77.8 cm³/mol. The first-order valence-electron chi connectivity index (χ1n) is 6.80. The van der Waals surface area contributed by atoms with E-state index in [2.05, 4.69) is 10.1 Å². The van der Waals surface area contributed by atoms with Crippen molar-refractivity contribution in [3.05, 3.63) is 24.3 Å². The van der Waals surface area contributed by atoms with Crippen LogP contribution in [0.5, 0.6) is 5.75 Å². The minimum absolute atomic E-state index is 0.0487. The number of hydrogen-bond donors (Lipinski definition) is 1. The van der Waals surface area contributed by atoms with Crippen molar-refractivity contribution in [2.75, 3.05) is 11.1 Å². The van der Waals surface area contributed by atoms with Gasteiger partial charge in [0.2, 0.25) is 0 Å². The maximum Gasteiger partial charge on any atom is 0.573 e. The van der Waals surface area contributed by atoms with Gasteiger partial charge < -0.3 is 10.1 Å². The maximum atomic E-state index is 12.2. The summed E-state index contributed by atoms with van der Waals surface area (Å²) in [6.07, 6.45) is -0.0739. The van der Waals surface area contributed by atoms with E-state index in [1.807, 2.05) is 0 Å². The molecule has 0 bridgehead atoms. The molecule has 0 radical (unpaired) electrons. The van der Waals surface area contributed by atoms with Crippen LogP contribution in [-0.2, 0) is 0 Å². The largest absolute Gasteiger partial charge is 0.573 e. The number of nitrogens with zero attached hydrogens (tertiary/aromatic N) is 1. The molecular weight excluding hydrogens is 301 g/mol. The number of aliphatic imine (C=N–C) groups is 1. The smallest absolute Gasteiger partial charge is 0.406 e. The first kappa shape index (κ1) is 14.6. The summed E-state index contributed by atoms with van der Waals surface area (Å²) in [7, 11) is 0. The lowest BCUT2D eigenvalue weighted by Crippen LogP contribution is -2.21. The molecule has 3 nitrogen and oxygen atoms in total. The maximum absolute atomic E-state index is 12.2. The molecule has 21 heavy (non-hydrogen) atoms. The molecule has 114 valence electrons. The molecule has 1 heterocycles. The van der Waals surface area contributed by atoms with E-state index in [4.69, 9.17) is 4.99 Å². The van der Waals surface area contributed by atoms with Crippen molar-refractivity contribution < 1.29 is 17.9 Å². The molecule has 1 fully saturated rings. The average molecular weight is 316 g/mol.